The molecule has 0 bridgehead atoms. The number of phenolic OH excluding ortho intramolecular Hbond substituents is 1. The van der Waals surface area contributed by atoms with E-state index in [0.29, 0.717) is 12.6 Å². The number of para-hydroxylation sites is 1. The highest BCUT2D eigenvalue weighted by atomic mass is 16.5. The number of fused-ring (bicyclic) bond motifs is 1. The monoisotopic (exact) mass is 241 g/mol. The number of hydrogen-bond acceptors (Lipinski definition) is 3. The van der Waals surface area contributed by atoms with Crippen LogP contribution in [0.2, 0.25) is 0 Å². The zero-order valence-electron chi connectivity index (χ0n) is 9.97. The van der Waals surface area contributed by atoms with Gasteiger partial charge in [0, 0.05) is 5.69 Å². The Hall–Kier alpha value is -2.16. The van der Waals surface area contributed by atoms with Crippen LogP contribution >= 0.6 is 0 Å². The van der Waals surface area contributed by atoms with Crippen LogP contribution in [-0.2, 0) is 6.42 Å². The summed E-state index contributed by atoms with van der Waals surface area (Å²) in [7, 11) is 0. The maximum atomic E-state index is 9.19. The van der Waals surface area contributed by atoms with E-state index in [1.54, 1.807) is 24.3 Å². The molecule has 1 atom stereocenters. The van der Waals surface area contributed by atoms with Crippen LogP contribution in [0.1, 0.15) is 5.56 Å². The number of aromatic hydroxyl groups is 1. The highest BCUT2D eigenvalue weighted by molar-refractivity contribution is 5.56. The second-order valence-electron chi connectivity index (χ2n) is 4.51. The Morgan fingerprint density at radius 3 is 2.67 bits per heavy atom. The predicted molar refractivity (Wildman–Crippen MR) is 71.2 cm³/mol. The molecule has 2 aromatic carbocycles. The van der Waals surface area contributed by atoms with E-state index < -0.39 is 0 Å². The molecule has 2 aromatic rings. The number of benzene rings is 2. The van der Waals surface area contributed by atoms with E-state index in [-0.39, 0.29) is 5.75 Å². The van der Waals surface area contributed by atoms with Crippen LogP contribution in [0.3, 0.4) is 0 Å². The van der Waals surface area contributed by atoms with E-state index in [1.807, 2.05) is 6.07 Å². The van der Waals surface area contributed by atoms with E-state index in [2.05, 4.69) is 23.5 Å². The van der Waals surface area contributed by atoms with Gasteiger partial charge < -0.3 is 15.2 Å². The smallest absolute Gasteiger partial charge is 0.119 e. The molecule has 0 spiro atoms. The SMILES string of the molecule is Oc1ccc(OCC2Cc3ccccc3N2)cc1. The number of hydrogen-bond donors (Lipinski definition) is 2. The molecule has 1 heterocycles. The second kappa shape index (κ2) is 4.61. The van der Waals surface area contributed by atoms with Crippen LogP contribution in [0, 0.1) is 0 Å². The van der Waals surface area contributed by atoms with Crippen LogP contribution in [0.25, 0.3) is 0 Å². The van der Waals surface area contributed by atoms with Crippen LogP contribution in [0.5, 0.6) is 11.5 Å². The van der Waals surface area contributed by atoms with Crippen molar-refractivity contribution in [2.75, 3.05) is 11.9 Å². The minimum Gasteiger partial charge on any atom is -0.508 e. The van der Waals surface area contributed by atoms with Crippen LogP contribution in [0.15, 0.2) is 48.5 Å². The minimum atomic E-state index is 0.258. The van der Waals surface area contributed by atoms with Gasteiger partial charge in [-0.1, -0.05) is 18.2 Å². The Labute approximate surface area is 106 Å². The molecule has 92 valence electrons. The van der Waals surface area contributed by atoms with Crippen molar-refractivity contribution in [3.63, 3.8) is 0 Å². The summed E-state index contributed by atoms with van der Waals surface area (Å²) in [6.45, 7) is 0.624. The van der Waals surface area contributed by atoms with Gasteiger partial charge in [-0.15, -0.1) is 0 Å². The van der Waals surface area contributed by atoms with Gasteiger partial charge in [0.15, 0.2) is 0 Å². The van der Waals surface area contributed by atoms with E-state index in [1.165, 1.54) is 11.3 Å². The Balaban J connectivity index is 1.58. The van der Waals surface area contributed by atoms with Gasteiger partial charge >= 0.3 is 0 Å². The number of anilines is 1. The average Bonchev–Trinajstić information content (AvgIpc) is 2.81. The zero-order valence-corrected chi connectivity index (χ0v) is 9.97. The van der Waals surface area contributed by atoms with E-state index >= 15 is 0 Å². The lowest BCUT2D eigenvalue weighted by Crippen LogP contribution is -2.24. The quantitative estimate of drug-likeness (QED) is 0.868. The summed E-state index contributed by atoms with van der Waals surface area (Å²) in [5.41, 5.74) is 2.55. The summed E-state index contributed by atoms with van der Waals surface area (Å²) in [6.07, 6.45) is 0.994. The molecule has 3 nitrogen and oxygen atoms in total. The highest BCUT2D eigenvalue weighted by Gasteiger charge is 2.20. The first-order valence-electron chi connectivity index (χ1n) is 6.07. The maximum absolute atomic E-state index is 9.19. The summed E-state index contributed by atoms with van der Waals surface area (Å²) in [6, 6.07) is 15.5. The van der Waals surface area contributed by atoms with E-state index in [0.717, 1.165) is 12.2 Å². The lowest BCUT2D eigenvalue weighted by Gasteiger charge is -2.12. The highest BCUT2D eigenvalue weighted by Crippen LogP contribution is 2.25. The van der Waals surface area contributed by atoms with Crippen molar-refractivity contribution >= 4 is 5.69 Å². The zero-order chi connectivity index (χ0) is 12.4. The van der Waals surface area contributed by atoms with Gasteiger partial charge in [-0.3, -0.25) is 0 Å². The maximum Gasteiger partial charge on any atom is 0.119 e. The number of ether oxygens (including phenoxy) is 1. The van der Waals surface area contributed by atoms with Crippen molar-refractivity contribution < 1.29 is 9.84 Å². The molecule has 1 aliphatic heterocycles. The molecule has 0 fully saturated rings. The normalized spacial score (nSPS) is 17.0. The Kier molecular flexibility index (Phi) is 2.81. The third kappa shape index (κ3) is 2.25. The third-order valence-electron chi connectivity index (χ3n) is 3.13. The van der Waals surface area contributed by atoms with Gasteiger partial charge in [0.25, 0.3) is 0 Å². The Bertz CT molecular complexity index is 511. The summed E-state index contributed by atoms with van der Waals surface area (Å²) in [5.74, 6) is 1.04. The molecule has 0 amide bonds. The molecule has 1 unspecified atom stereocenters. The molecule has 18 heavy (non-hydrogen) atoms. The first-order chi connectivity index (χ1) is 8.81. The molecule has 2 N–H and O–H groups in total. The molecule has 0 saturated carbocycles. The molecule has 3 heteroatoms. The molecular formula is C15H15NO2. The Morgan fingerprint density at radius 2 is 1.89 bits per heavy atom. The van der Waals surface area contributed by atoms with Gasteiger partial charge in [0.05, 0.1) is 6.04 Å². The largest absolute Gasteiger partial charge is 0.508 e. The fourth-order valence-corrected chi connectivity index (χ4v) is 2.22. The number of nitrogens with one attached hydrogen (secondary N) is 1. The fraction of sp³-hybridized carbons (Fsp3) is 0.200. The van der Waals surface area contributed by atoms with Gasteiger partial charge in [0.1, 0.15) is 18.1 Å². The summed E-state index contributed by atoms with van der Waals surface area (Å²) < 4.78 is 5.70. The molecule has 0 aliphatic carbocycles. The molecule has 1 aliphatic rings. The van der Waals surface area contributed by atoms with Gasteiger partial charge in [-0.2, -0.15) is 0 Å². The van der Waals surface area contributed by atoms with Crippen LogP contribution < -0.4 is 10.1 Å². The standard InChI is InChI=1S/C15H15NO2/c17-13-5-7-14(8-6-13)18-10-12-9-11-3-1-2-4-15(11)16-12/h1-8,12,16-17H,9-10H2. The van der Waals surface area contributed by atoms with Crippen molar-refractivity contribution in [2.45, 2.75) is 12.5 Å². The first-order valence-corrected chi connectivity index (χ1v) is 6.07. The number of phenols is 1. The molecular weight excluding hydrogens is 226 g/mol. The van der Waals surface area contributed by atoms with Crippen molar-refractivity contribution in [1.29, 1.82) is 0 Å². The fourth-order valence-electron chi connectivity index (χ4n) is 2.22. The Morgan fingerprint density at radius 1 is 1.11 bits per heavy atom. The van der Waals surface area contributed by atoms with Crippen molar-refractivity contribution in [2.24, 2.45) is 0 Å². The lowest BCUT2D eigenvalue weighted by atomic mass is 10.1. The molecule has 3 rings (SSSR count). The van der Waals surface area contributed by atoms with Crippen molar-refractivity contribution in [3.05, 3.63) is 54.1 Å². The molecule has 0 aromatic heterocycles. The number of rotatable bonds is 3. The van der Waals surface area contributed by atoms with Crippen LogP contribution in [0.4, 0.5) is 5.69 Å². The van der Waals surface area contributed by atoms with Crippen molar-refractivity contribution in [3.8, 4) is 11.5 Å². The van der Waals surface area contributed by atoms with E-state index in [4.69, 9.17) is 4.74 Å². The summed E-state index contributed by atoms with van der Waals surface area (Å²) in [5, 5.41) is 12.6. The third-order valence-corrected chi connectivity index (χ3v) is 3.13. The van der Waals surface area contributed by atoms with Crippen LogP contribution in [-0.4, -0.2) is 17.8 Å². The van der Waals surface area contributed by atoms with Gasteiger partial charge in [-0.05, 0) is 42.3 Å². The first kappa shape index (κ1) is 11.0. The second-order valence-corrected chi connectivity index (χ2v) is 4.51. The predicted octanol–water partition coefficient (Wildman–Crippen LogP) is 2.81. The topological polar surface area (TPSA) is 41.5 Å². The molecule has 0 radical (unpaired) electrons. The van der Waals surface area contributed by atoms with Gasteiger partial charge in [-0.25, -0.2) is 0 Å². The minimum absolute atomic E-state index is 0.258. The molecule has 0 saturated heterocycles. The summed E-state index contributed by atoms with van der Waals surface area (Å²) >= 11 is 0. The lowest BCUT2D eigenvalue weighted by molar-refractivity contribution is 0.299. The van der Waals surface area contributed by atoms with Gasteiger partial charge in [0.2, 0.25) is 0 Å². The average molecular weight is 241 g/mol. The summed E-state index contributed by atoms with van der Waals surface area (Å²) in [4.78, 5) is 0. The van der Waals surface area contributed by atoms with E-state index in [9.17, 15) is 5.11 Å². The van der Waals surface area contributed by atoms with Crippen molar-refractivity contribution in [1.82, 2.24) is 0 Å².